The Morgan fingerprint density at radius 1 is 1.33 bits per heavy atom. The van der Waals surface area contributed by atoms with Crippen LogP contribution in [-0.4, -0.2) is 60.2 Å². The third-order valence-corrected chi connectivity index (χ3v) is 4.98. The quantitative estimate of drug-likeness (QED) is 0.723. The van der Waals surface area contributed by atoms with E-state index in [0.29, 0.717) is 5.92 Å². The molecule has 3 N–H and O–H groups in total. The smallest absolute Gasteiger partial charge is 0.220 e. The molecule has 0 radical (unpaired) electrons. The van der Waals surface area contributed by atoms with Gasteiger partial charge in [-0.15, -0.1) is 0 Å². The first-order valence-electron chi connectivity index (χ1n) is 8.87. The molecule has 1 aromatic rings. The molecule has 0 bridgehead atoms. The van der Waals surface area contributed by atoms with Crippen molar-refractivity contribution in [3.63, 3.8) is 0 Å². The molecule has 1 amide bonds. The molecule has 2 fully saturated rings. The summed E-state index contributed by atoms with van der Waals surface area (Å²) < 4.78 is 5.42. The van der Waals surface area contributed by atoms with Gasteiger partial charge in [-0.1, -0.05) is 0 Å². The van der Waals surface area contributed by atoms with Crippen LogP contribution in [0.25, 0.3) is 0 Å². The van der Waals surface area contributed by atoms with Crippen molar-refractivity contribution in [2.24, 2.45) is 11.7 Å². The maximum atomic E-state index is 11.2. The Kier molecular flexibility index (Phi) is 5.98. The van der Waals surface area contributed by atoms with Gasteiger partial charge in [0.05, 0.1) is 12.3 Å². The van der Waals surface area contributed by atoms with Gasteiger partial charge in [-0.05, 0) is 45.3 Å². The number of carbonyl (C=O) groups excluding carboxylic acids is 1. The molecule has 1 unspecified atom stereocenters. The molecule has 2 aliphatic heterocycles. The first-order chi connectivity index (χ1) is 11.7. The fourth-order valence-electron chi connectivity index (χ4n) is 3.42. The lowest BCUT2D eigenvalue weighted by molar-refractivity contribution is -0.123. The van der Waals surface area contributed by atoms with Crippen LogP contribution in [0, 0.1) is 5.92 Å². The van der Waals surface area contributed by atoms with Crippen LogP contribution < -0.4 is 11.1 Å². The Morgan fingerprint density at radius 2 is 2.17 bits per heavy atom. The first-order valence-corrected chi connectivity index (χ1v) is 8.87. The van der Waals surface area contributed by atoms with Gasteiger partial charge in [0.2, 0.25) is 5.91 Å². The number of nitrogens with zero attached hydrogens (tertiary/aromatic N) is 3. The van der Waals surface area contributed by atoms with Gasteiger partial charge >= 0.3 is 0 Å². The fourth-order valence-corrected chi connectivity index (χ4v) is 3.42. The SMILES string of the molecule is NC(=O)C1CCN(CCCNc2cc(C3CCOC3)ncn2)CC1. The average molecular weight is 333 g/mol. The van der Waals surface area contributed by atoms with E-state index in [1.807, 2.05) is 6.07 Å². The van der Waals surface area contributed by atoms with Crippen LogP contribution in [0.4, 0.5) is 5.82 Å². The van der Waals surface area contributed by atoms with Crippen molar-refractivity contribution in [2.45, 2.75) is 31.6 Å². The third kappa shape index (κ3) is 4.64. The van der Waals surface area contributed by atoms with Crippen molar-refractivity contribution in [1.29, 1.82) is 0 Å². The van der Waals surface area contributed by atoms with Gasteiger partial charge in [0, 0.05) is 31.1 Å². The highest BCUT2D eigenvalue weighted by atomic mass is 16.5. The van der Waals surface area contributed by atoms with Crippen LogP contribution >= 0.6 is 0 Å². The molecule has 2 aliphatic rings. The van der Waals surface area contributed by atoms with Gasteiger partial charge < -0.3 is 20.7 Å². The van der Waals surface area contributed by atoms with Gasteiger partial charge in [0.15, 0.2) is 0 Å². The van der Waals surface area contributed by atoms with Crippen molar-refractivity contribution in [2.75, 3.05) is 44.7 Å². The molecule has 3 heterocycles. The van der Waals surface area contributed by atoms with Gasteiger partial charge in [-0.25, -0.2) is 9.97 Å². The summed E-state index contributed by atoms with van der Waals surface area (Å²) in [6.45, 7) is 5.43. The second kappa shape index (κ2) is 8.39. The van der Waals surface area contributed by atoms with Crippen LogP contribution in [-0.2, 0) is 9.53 Å². The Hall–Kier alpha value is -1.73. The van der Waals surface area contributed by atoms with E-state index in [2.05, 4.69) is 20.2 Å². The van der Waals surface area contributed by atoms with Crippen molar-refractivity contribution < 1.29 is 9.53 Å². The zero-order chi connectivity index (χ0) is 16.8. The lowest BCUT2D eigenvalue weighted by Gasteiger charge is -2.30. The van der Waals surface area contributed by atoms with Crippen molar-refractivity contribution in [3.05, 3.63) is 18.1 Å². The van der Waals surface area contributed by atoms with Crippen molar-refractivity contribution in [3.8, 4) is 0 Å². The predicted octanol–water partition coefficient (Wildman–Crippen LogP) is 0.980. The highest BCUT2D eigenvalue weighted by Gasteiger charge is 2.22. The predicted molar refractivity (Wildman–Crippen MR) is 91.7 cm³/mol. The standard InChI is InChI=1S/C17H27N5O2/c18-17(23)13-2-7-22(8-3-13)6-1-5-19-16-10-15(20-12-21-16)14-4-9-24-11-14/h10,12-14H,1-9,11H2,(H2,18,23)(H,19,20,21). The second-order valence-electron chi connectivity index (χ2n) is 6.69. The molecule has 0 aliphatic carbocycles. The molecular formula is C17H27N5O2. The van der Waals surface area contributed by atoms with E-state index in [9.17, 15) is 4.79 Å². The minimum atomic E-state index is -0.149. The number of aromatic nitrogens is 2. The van der Waals surface area contributed by atoms with E-state index >= 15 is 0 Å². The minimum absolute atomic E-state index is 0.0679. The summed E-state index contributed by atoms with van der Waals surface area (Å²) in [6.07, 6.45) is 5.50. The van der Waals surface area contributed by atoms with Gasteiger partial charge in [0.25, 0.3) is 0 Å². The molecule has 7 nitrogen and oxygen atoms in total. The molecule has 0 aromatic carbocycles. The van der Waals surface area contributed by atoms with E-state index in [1.165, 1.54) is 0 Å². The van der Waals surface area contributed by atoms with Crippen LogP contribution in [0.15, 0.2) is 12.4 Å². The molecule has 1 atom stereocenters. The monoisotopic (exact) mass is 333 g/mol. The van der Waals surface area contributed by atoms with E-state index in [4.69, 9.17) is 10.5 Å². The summed E-state index contributed by atoms with van der Waals surface area (Å²) in [4.78, 5) is 22.2. The molecule has 0 saturated carbocycles. The highest BCUT2D eigenvalue weighted by molar-refractivity contribution is 5.76. The summed E-state index contributed by atoms with van der Waals surface area (Å²) in [6, 6.07) is 2.04. The number of piperidine rings is 1. The van der Waals surface area contributed by atoms with E-state index in [1.54, 1.807) is 6.33 Å². The summed E-state index contributed by atoms with van der Waals surface area (Å²) in [5.41, 5.74) is 6.44. The maximum absolute atomic E-state index is 11.2. The van der Waals surface area contributed by atoms with Crippen LogP contribution in [0.5, 0.6) is 0 Å². The number of carbonyl (C=O) groups is 1. The number of nitrogens with two attached hydrogens (primary N) is 1. The normalized spacial score (nSPS) is 22.6. The van der Waals surface area contributed by atoms with Crippen LogP contribution in [0.2, 0.25) is 0 Å². The molecule has 24 heavy (non-hydrogen) atoms. The number of likely N-dealkylation sites (tertiary alicyclic amines) is 1. The molecule has 3 rings (SSSR count). The number of anilines is 1. The number of rotatable bonds is 7. The lowest BCUT2D eigenvalue weighted by Crippen LogP contribution is -2.39. The largest absolute Gasteiger partial charge is 0.381 e. The number of hydrogen-bond donors (Lipinski definition) is 2. The highest BCUT2D eigenvalue weighted by Crippen LogP contribution is 2.24. The zero-order valence-corrected chi connectivity index (χ0v) is 14.1. The van der Waals surface area contributed by atoms with Gasteiger partial charge in [0.1, 0.15) is 12.1 Å². The Morgan fingerprint density at radius 3 is 2.88 bits per heavy atom. The Bertz CT molecular complexity index is 540. The average Bonchev–Trinajstić information content (AvgIpc) is 3.14. The molecule has 7 heteroatoms. The van der Waals surface area contributed by atoms with Crippen molar-refractivity contribution in [1.82, 2.24) is 14.9 Å². The zero-order valence-electron chi connectivity index (χ0n) is 14.1. The molecule has 0 spiro atoms. The Labute approximate surface area is 143 Å². The minimum Gasteiger partial charge on any atom is -0.381 e. The second-order valence-corrected chi connectivity index (χ2v) is 6.69. The summed E-state index contributed by atoms with van der Waals surface area (Å²) in [5, 5.41) is 3.38. The topological polar surface area (TPSA) is 93.4 Å². The molecular weight excluding hydrogens is 306 g/mol. The summed E-state index contributed by atoms with van der Waals surface area (Å²) in [5.74, 6) is 1.21. The van der Waals surface area contributed by atoms with Crippen LogP contribution in [0.1, 0.15) is 37.3 Å². The fraction of sp³-hybridized carbons (Fsp3) is 0.706. The van der Waals surface area contributed by atoms with Crippen molar-refractivity contribution >= 4 is 11.7 Å². The van der Waals surface area contributed by atoms with E-state index < -0.39 is 0 Å². The first kappa shape index (κ1) is 17.1. The number of nitrogens with one attached hydrogen (secondary N) is 1. The summed E-state index contributed by atoms with van der Waals surface area (Å²) in [7, 11) is 0. The van der Waals surface area contributed by atoms with Gasteiger partial charge in [-0.2, -0.15) is 0 Å². The van der Waals surface area contributed by atoms with Crippen LogP contribution in [0.3, 0.4) is 0 Å². The molecule has 2 saturated heterocycles. The molecule has 132 valence electrons. The number of hydrogen-bond acceptors (Lipinski definition) is 6. The third-order valence-electron chi connectivity index (χ3n) is 4.98. The van der Waals surface area contributed by atoms with E-state index in [-0.39, 0.29) is 11.8 Å². The molecule has 1 aromatic heterocycles. The number of ether oxygens (including phenoxy) is 1. The van der Waals surface area contributed by atoms with Gasteiger partial charge in [-0.3, -0.25) is 4.79 Å². The maximum Gasteiger partial charge on any atom is 0.220 e. The Balaban J connectivity index is 1.36. The number of primary amides is 1. The number of amides is 1. The lowest BCUT2D eigenvalue weighted by atomic mass is 9.96. The summed E-state index contributed by atoms with van der Waals surface area (Å²) >= 11 is 0. The van der Waals surface area contributed by atoms with E-state index in [0.717, 1.165) is 76.6 Å².